The molecule has 2 aliphatic heterocycles. The zero-order valence-corrected chi connectivity index (χ0v) is 20.8. The maximum atomic E-state index is 12.2. The number of rotatable bonds is 8. The summed E-state index contributed by atoms with van der Waals surface area (Å²) in [5, 5.41) is 13.1. The summed E-state index contributed by atoms with van der Waals surface area (Å²) < 4.78 is 28.0. The first-order valence-corrected chi connectivity index (χ1v) is 13.5. The molecule has 2 aromatic carbocycles. The van der Waals surface area contributed by atoms with E-state index in [0.717, 1.165) is 55.8 Å². The number of sulfone groups is 1. The van der Waals surface area contributed by atoms with Crippen molar-refractivity contribution in [1.82, 2.24) is 10.4 Å². The Hall–Kier alpha value is -2.79. The normalized spacial score (nSPS) is 20.5. The van der Waals surface area contributed by atoms with Crippen molar-refractivity contribution in [2.24, 2.45) is 5.16 Å². The van der Waals surface area contributed by atoms with Crippen molar-refractivity contribution in [2.75, 3.05) is 32.6 Å². The molecule has 1 amide bonds. The fraction of sp³-hybridized carbons (Fsp3) is 0.440. The maximum absolute atomic E-state index is 12.2. The number of ether oxygens (including phenoxy) is 1. The SMILES string of the molecule is CC(C[C@H]1CC(c2ccc(-c3ccc(CN4CCOCC4)cc3)cc2)=NO1)(C(=O)NO)S(C)(=O)=O. The lowest BCUT2D eigenvalue weighted by atomic mass is 9.95. The van der Waals surface area contributed by atoms with E-state index in [4.69, 9.17) is 14.8 Å². The van der Waals surface area contributed by atoms with E-state index in [1.807, 2.05) is 24.3 Å². The zero-order valence-electron chi connectivity index (χ0n) is 19.9. The Kier molecular flexibility index (Phi) is 7.56. The van der Waals surface area contributed by atoms with E-state index < -0.39 is 26.6 Å². The van der Waals surface area contributed by atoms with E-state index in [0.29, 0.717) is 12.1 Å². The van der Waals surface area contributed by atoms with Gasteiger partial charge in [0.05, 0.1) is 18.9 Å². The number of benzene rings is 2. The van der Waals surface area contributed by atoms with Gasteiger partial charge in [-0.2, -0.15) is 0 Å². The molecule has 0 radical (unpaired) electrons. The number of hydrogen-bond donors (Lipinski definition) is 2. The summed E-state index contributed by atoms with van der Waals surface area (Å²) >= 11 is 0. The summed E-state index contributed by atoms with van der Waals surface area (Å²) in [5.41, 5.74) is 6.47. The Labute approximate surface area is 205 Å². The van der Waals surface area contributed by atoms with Crippen LogP contribution in [-0.2, 0) is 30.8 Å². The highest BCUT2D eigenvalue weighted by atomic mass is 32.2. The number of morpholine rings is 1. The van der Waals surface area contributed by atoms with Crippen LogP contribution in [0.5, 0.6) is 0 Å². The molecule has 35 heavy (non-hydrogen) atoms. The first-order valence-electron chi connectivity index (χ1n) is 11.6. The molecule has 1 fully saturated rings. The molecule has 10 heteroatoms. The minimum absolute atomic E-state index is 0.125. The van der Waals surface area contributed by atoms with Crippen molar-refractivity contribution in [1.29, 1.82) is 0 Å². The number of carbonyl (C=O) groups excluding carboxylic acids is 1. The molecule has 1 saturated heterocycles. The van der Waals surface area contributed by atoms with Gasteiger partial charge in [-0.15, -0.1) is 0 Å². The van der Waals surface area contributed by atoms with Crippen LogP contribution < -0.4 is 5.48 Å². The molecule has 4 rings (SSSR count). The molecule has 0 spiro atoms. The van der Waals surface area contributed by atoms with Crippen LogP contribution in [0.1, 0.15) is 30.9 Å². The fourth-order valence-electron chi connectivity index (χ4n) is 4.35. The first kappa shape index (κ1) is 25.3. The molecule has 0 aromatic heterocycles. The minimum atomic E-state index is -3.80. The number of oxime groups is 1. The number of amides is 1. The average molecular weight is 502 g/mol. The van der Waals surface area contributed by atoms with Crippen LogP contribution >= 0.6 is 0 Å². The van der Waals surface area contributed by atoms with Crippen molar-refractivity contribution in [3.05, 3.63) is 59.7 Å². The largest absolute Gasteiger partial charge is 0.392 e. The van der Waals surface area contributed by atoms with Gasteiger partial charge in [-0.05, 0) is 29.2 Å². The number of hydrogen-bond acceptors (Lipinski definition) is 8. The second-order valence-corrected chi connectivity index (χ2v) is 11.7. The maximum Gasteiger partial charge on any atom is 0.264 e. The van der Waals surface area contributed by atoms with Crippen molar-refractivity contribution >= 4 is 21.5 Å². The molecule has 9 nitrogen and oxygen atoms in total. The first-order chi connectivity index (χ1) is 16.7. The number of nitrogens with one attached hydrogen (secondary N) is 1. The van der Waals surface area contributed by atoms with Crippen LogP contribution in [0.15, 0.2) is 53.7 Å². The lowest BCUT2D eigenvalue weighted by Crippen LogP contribution is -2.51. The van der Waals surface area contributed by atoms with Crippen LogP contribution in [0.4, 0.5) is 0 Å². The summed E-state index contributed by atoms with van der Waals surface area (Å²) in [6.45, 7) is 5.69. The van der Waals surface area contributed by atoms with Crippen molar-refractivity contribution < 1.29 is 28.0 Å². The molecular formula is C25H31N3O6S. The molecular weight excluding hydrogens is 470 g/mol. The van der Waals surface area contributed by atoms with E-state index in [-0.39, 0.29) is 6.42 Å². The Bertz CT molecular complexity index is 1170. The second kappa shape index (κ2) is 10.4. The lowest BCUT2D eigenvalue weighted by Gasteiger charge is -2.26. The highest BCUT2D eigenvalue weighted by Crippen LogP contribution is 2.30. The topological polar surface area (TPSA) is 118 Å². The molecule has 1 unspecified atom stereocenters. The number of hydroxylamine groups is 1. The van der Waals surface area contributed by atoms with E-state index in [2.05, 4.69) is 34.3 Å². The zero-order chi connectivity index (χ0) is 25.1. The standard InChI is InChI=1S/C25H31N3O6S/c1-25(24(29)26-30,35(2,31)32)16-22-15-23(27-34-22)21-9-7-20(8-10-21)19-5-3-18(4-6-19)17-28-11-13-33-14-12-28/h3-10,22,30H,11-17H2,1-2H3,(H,26,29)/t22-,25?/m1/s1. The predicted octanol–water partition coefficient (Wildman–Crippen LogP) is 2.38. The van der Waals surface area contributed by atoms with Crippen molar-refractivity contribution in [2.45, 2.75) is 37.2 Å². The van der Waals surface area contributed by atoms with Gasteiger partial charge >= 0.3 is 0 Å². The van der Waals surface area contributed by atoms with Crippen LogP contribution in [0.2, 0.25) is 0 Å². The smallest absolute Gasteiger partial charge is 0.264 e. The highest BCUT2D eigenvalue weighted by molar-refractivity contribution is 7.92. The Balaban J connectivity index is 1.38. The highest BCUT2D eigenvalue weighted by Gasteiger charge is 2.47. The van der Waals surface area contributed by atoms with Gasteiger partial charge in [-0.1, -0.05) is 53.7 Å². The molecule has 2 atom stereocenters. The quantitative estimate of drug-likeness (QED) is 0.421. The van der Waals surface area contributed by atoms with Crippen LogP contribution in [0, 0.1) is 0 Å². The predicted molar refractivity (Wildman–Crippen MR) is 132 cm³/mol. The van der Waals surface area contributed by atoms with Gasteiger partial charge in [-0.25, -0.2) is 13.9 Å². The van der Waals surface area contributed by atoms with E-state index in [1.54, 1.807) is 0 Å². The number of carbonyl (C=O) groups is 1. The van der Waals surface area contributed by atoms with Crippen LogP contribution in [-0.4, -0.2) is 73.6 Å². The van der Waals surface area contributed by atoms with Crippen molar-refractivity contribution in [3.8, 4) is 11.1 Å². The second-order valence-electron chi connectivity index (χ2n) is 9.28. The summed E-state index contributed by atoms with van der Waals surface area (Å²) in [6, 6.07) is 16.5. The molecule has 2 aliphatic rings. The van der Waals surface area contributed by atoms with E-state index in [9.17, 15) is 13.2 Å². The van der Waals surface area contributed by atoms with Gasteiger partial charge in [0.2, 0.25) is 0 Å². The minimum Gasteiger partial charge on any atom is -0.392 e. The Morgan fingerprint density at radius 1 is 1.09 bits per heavy atom. The van der Waals surface area contributed by atoms with Crippen LogP contribution in [0.25, 0.3) is 11.1 Å². The lowest BCUT2D eigenvalue weighted by molar-refractivity contribution is -0.132. The summed E-state index contributed by atoms with van der Waals surface area (Å²) in [6.07, 6.45) is 0.604. The third-order valence-electron chi connectivity index (χ3n) is 6.77. The summed E-state index contributed by atoms with van der Waals surface area (Å²) in [5.74, 6) is -0.989. The fourth-order valence-corrected chi connectivity index (χ4v) is 5.22. The van der Waals surface area contributed by atoms with E-state index >= 15 is 0 Å². The van der Waals surface area contributed by atoms with Gasteiger partial charge in [0.1, 0.15) is 6.10 Å². The Morgan fingerprint density at radius 2 is 1.66 bits per heavy atom. The average Bonchev–Trinajstić information content (AvgIpc) is 3.32. The van der Waals surface area contributed by atoms with Gasteiger partial charge in [0.25, 0.3) is 5.91 Å². The summed E-state index contributed by atoms with van der Waals surface area (Å²) in [4.78, 5) is 19.9. The third kappa shape index (κ3) is 5.72. The molecule has 2 heterocycles. The van der Waals surface area contributed by atoms with Gasteiger partial charge in [0, 0.05) is 38.7 Å². The molecule has 188 valence electrons. The molecule has 2 aromatic rings. The Morgan fingerprint density at radius 3 is 2.23 bits per heavy atom. The molecule has 0 bridgehead atoms. The molecule has 2 N–H and O–H groups in total. The van der Waals surface area contributed by atoms with Gasteiger partial charge in [-0.3, -0.25) is 14.9 Å². The number of nitrogens with zero attached hydrogens (tertiary/aromatic N) is 2. The van der Waals surface area contributed by atoms with Crippen LogP contribution in [0.3, 0.4) is 0 Å². The molecule has 0 saturated carbocycles. The van der Waals surface area contributed by atoms with Gasteiger partial charge < -0.3 is 9.57 Å². The monoisotopic (exact) mass is 501 g/mol. The van der Waals surface area contributed by atoms with Crippen molar-refractivity contribution in [3.63, 3.8) is 0 Å². The summed E-state index contributed by atoms with van der Waals surface area (Å²) in [7, 11) is -3.80. The van der Waals surface area contributed by atoms with E-state index in [1.165, 1.54) is 18.0 Å². The third-order valence-corrected chi connectivity index (χ3v) is 8.75. The molecule has 0 aliphatic carbocycles. The van der Waals surface area contributed by atoms with Gasteiger partial charge in [0.15, 0.2) is 14.6 Å².